The summed E-state index contributed by atoms with van der Waals surface area (Å²) in [6, 6.07) is 0.524. The molecule has 20 heavy (non-hydrogen) atoms. The van der Waals surface area contributed by atoms with Crippen LogP contribution in [0.3, 0.4) is 0 Å². The summed E-state index contributed by atoms with van der Waals surface area (Å²) in [7, 11) is 0. The molecule has 1 amide bonds. The summed E-state index contributed by atoms with van der Waals surface area (Å²) in [5.41, 5.74) is 0. The zero-order valence-corrected chi connectivity index (χ0v) is 15.7. The molecule has 0 bridgehead atoms. The Bertz CT molecular complexity index is 315. The van der Waals surface area contributed by atoms with Crippen LogP contribution in [0.25, 0.3) is 0 Å². The number of nitrogens with zero attached hydrogens (tertiary/aromatic N) is 1. The number of carbonyl (C=O) groups is 1. The van der Waals surface area contributed by atoms with Gasteiger partial charge < -0.3 is 16.0 Å². The zero-order valence-electron chi connectivity index (χ0n) is 12.6. The molecule has 1 rings (SSSR count). The molecule has 0 saturated heterocycles. The molecule has 7 heteroatoms. The first-order chi connectivity index (χ1) is 9.15. The number of rotatable bonds is 6. The standard InChI is InChI=1S/C13H26N4OS.HI/c1-4-14-13(16-8-7-15-10(2)18)17-11-5-6-12(9-11)19-3;/h11-12H,4-9H2,1-3H3,(H,15,18)(H2,14,16,17);1H. The van der Waals surface area contributed by atoms with E-state index >= 15 is 0 Å². The van der Waals surface area contributed by atoms with Crippen molar-refractivity contribution in [1.29, 1.82) is 0 Å². The molecule has 0 spiro atoms. The lowest BCUT2D eigenvalue weighted by Crippen LogP contribution is -2.43. The molecule has 0 aliphatic heterocycles. The molecular formula is C13H27IN4OS. The maximum atomic E-state index is 10.8. The highest BCUT2D eigenvalue weighted by atomic mass is 127. The minimum atomic E-state index is -0.00762. The molecule has 1 fully saturated rings. The Kier molecular flexibility index (Phi) is 11.4. The number of aliphatic imine (C=N–C) groups is 1. The highest BCUT2D eigenvalue weighted by Crippen LogP contribution is 2.27. The van der Waals surface area contributed by atoms with E-state index in [9.17, 15) is 4.79 Å². The first-order valence-electron chi connectivity index (χ1n) is 6.97. The van der Waals surface area contributed by atoms with Crippen LogP contribution < -0.4 is 16.0 Å². The number of carbonyl (C=O) groups excluding carboxylic acids is 1. The van der Waals surface area contributed by atoms with Crippen LogP contribution >= 0.6 is 35.7 Å². The maximum absolute atomic E-state index is 10.8. The molecule has 1 aliphatic rings. The van der Waals surface area contributed by atoms with Gasteiger partial charge in [0.25, 0.3) is 0 Å². The van der Waals surface area contributed by atoms with E-state index in [0.717, 1.165) is 17.8 Å². The quantitative estimate of drug-likeness (QED) is 0.267. The normalized spacial score (nSPS) is 22.1. The second-order valence-electron chi connectivity index (χ2n) is 4.76. The van der Waals surface area contributed by atoms with Gasteiger partial charge in [0.2, 0.25) is 5.91 Å². The van der Waals surface area contributed by atoms with Gasteiger partial charge in [0.1, 0.15) is 0 Å². The van der Waals surface area contributed by atoms with E-state index < -0.39 is 0 Å². The van der Waals surface area contributed by atoms with Crippen molar-refractivity contribution in [3.63, 3.8) is 0 Å². The minimum absolute atomic E-state index is 0. The Balaban J connectivity index is 0.00000361. The first kappa shape index (κ1) is 19.8. The Hall–Kier alpha value is -0.180. The van der Waals surface area contributed by atoms with Gasteiger partial charge in [-0.05, 0) is 32.4 Å². The van der Waals surface area contributed by atoms with Gasteiger partial charge >= 0.3 is 0 Å². The third-order valence-electron chi connectivity index (χ3n) is 3.16. The Labute approximate surface area is 143 Å². The van der Waals surface area contributed by atoms with Crippen molar-refractivity contribution in [2.75, 3.05) is 25.9 Å². The first-order valence-corrected chi connectivity index (χ1v) is 8.26. The lowest BCUT2D eigenvalue weighted by molar-refractivity contribution is -0.118. The van der Waals surface area contributed by atoms with Gasteiger partial charge in [0.15, 0.2) is 5.96 Å². The fourth-order valence-corrected chi connectivity index (χ4v) is 2.99. The van der Waals surface area contributed by atoms with E-state index in [4.69, 9.17) is 0 Å². The lowest BCUT2D eigenvalue weighted by Gasteiger charge is -2.17. The number of thioether (sulfide) groups is 1. The van der Waals surface area contributed by atoms with Gasteiger partial charge in [-0.3, -0.25) is 9.79 Å². The highest BCUT2D eigenvalue weighted by Gasteiger charge is 2.24. The average molecular weight is 414 g/mol. The third-order valence-corrected chi connectivity index (χ3v) is 4.25. The topological polar surface area (TPSA) is 65.5 Å². The smallest absolute Gasteiger partial charge is 0.216 e. The summed E-state index contributed by atoms with van der Waals surface area (Å²) in [5, 5.41) is 10.3. The summed E-state index contributed by atoms with van der Waals surface area (Å²) >= 11 is 1.95. The van der Waals surface area contributed by atoms with Crippen LogP contribution in [0, 0.1) is 0 Å². The molecule has 118 valence electrons. The zero-order chi connectivity index (χ0) is 14.1. The second-order valence-corrected chi connectivity index (χ2v) is 5.89. The molecule has 1 aliphatic carbocycles. The molecule has 1 saturated carbocycles. The van der Waals surface area contributed by atoms with Crippen LogP contribution in [0.4, 0.5) is 0 Å². The largest absolute Gasteiger partial charge is 0.357 e. The van der Waals surface area contributed by atoms with Gasteiger partial charge in [0.05, 0.1) is 6.54 Å². The number of guanidine groups is 1. The van der Waals surface area contributed by atoms with Crippen molar-refractivity contribution in [1.82, 2.24) is 16.0 Å². The molecular weight excluding hydrogens is 387 g/mol. The third kappa shape index (κ3) is 8.18. The van der Waals surface area contributed by atoms with Crippen molar-refractivity contribution >= 4 is 47.6 Å². The molecule has 3 N–H and O–H groups in total. The van der Waals surface area contributed by atoms with Gasteiger partial charge in [-0.2, -0.15) is 11.8 Å². The molecule has 0 aromatic rings. The monoisotopic (exact) mass is 414 g/mol. The van der Waals surface area contributed by atoms with Crippen LogP contribution in [0.2, 0.25) is 0 Å². The SMILES string of the molecule is CCNC(=NCCNC(C)=O)NC1CCC(SC)C1.I. The molecule has 2 unspecified atom stereocenters. The van der Waals surface area contributed by atoms with Crippen molar-refractivity contribution in [2.24, 2.45) is 4.99 Å². The van der Waals surface area contributed by atoms with Gasteiger partial charge in [-0.15, -0.1) is 24.0 Å². The van der Waals surface area contributed by atoms with Crippen LogP contribution in [0.1, 0.15) is 33.1 Å². The van der Waals surface area contributed by atoms with Crippen molar-refractivity contribution in [3.8, 4) is 0 Å². The van der Waals surface area contributed by atoms with Crippen LogP contribution in [-0.2, 0) is 4.79 Å². The lowest BCUT2D eigenvalue weighted by atomic mass is 10.2. The van der Waals surface area contributed by atoms with E-state index in [-0.39, 0.29) is 29.9 Å². The van der Waals surface area contributed by atoms with Crippen LogP contribution in [0.5, 0.6) is 0 Å². The predicted octanol–water partition coefficient (Wildman–Crippen LogP) is 1.58. The fourth-order valence-electron chi connectivity index (χ4n) is 2.20. The van der Waals surface area contributed by atoms with E-state index in [2.05, 4.69) is 34.1 Å². The highest BCUT2D eigenvalue weighted by molar-refractivity contribution is 14.0. The Morgan fingerprint density at radius 1 is 1.35 bits per heavy atom. The van der Waals surface area contributed by atoms with Crippen molar-refractivity contribution in [2.45, 2.75) is 44.4 Å². The molecule has 0 heterocycles. The summed E-state index contributed by atoms with van der Waals surface area (Å²) in [5.74, 6) is 0.853. The van der Waals surface area contributed by atoms with E-state index in [1.54, 1.807) is 0 Å². The molecule has 0 aromatic heterocycles. The summed E-state index contributed by atoms with van der Waals surface area (Å²) < 4.78 is 0. The minimum Gasteiger partial charge on any atom is -0.357 e. The predicted molar refractivity (Wildman–Crippen MR) is 98.2 cm³/mol. The van der Waals surface area contributed by atoms with E-state index in [0.29, 0.717) is 19.1 Å². The summed E-state index contributed by atoms with van der Waals surface area (Å²) in [6.07, 6.45) is 5.88. The second kappa shape index (κ2) is 11.5. The number of hydrogen-bond donors (Lipinski definition) is 3. The van der Waals surface area contributed by atoms with Crippen molar-refractivity contribution < 1.29 is 4.79 Å². The number of amides is 1. The van der Waals surface area contributed by atoms with Gasteiger partial charge in [0, 0.05) is 31.3 Å². The molecule has 0 aromatic carbocycles. The number of halogens is 1. The number of hydrogen-bond acceptors (Lipinski definition) is 3. The summed E-state index contributed by atoms with van der Waals surface area (Å²) in [4.78, 5) is 15.2. The number of nitrogens with one attached hydrogen (secondary N) is 3. The molecule has 0 radical (unpaired) electrons. The van der Waals surface area contributed by atoms with Gasteiger partial charge in [-0.1, -0.05) is 0 Å². The molecule has 5 nitrogen and oxygen atoms in total. The van der Waals surface area contributed by atoms with E-state index in [1.165, 1.54) is 26.2 Å². The summed E-state index contributed by atoms with van der Waals surface area (Å²) in [6.45, 7) is 5.63. The maximum Gasteiger partial charge on any atom is 0.216 e. The average Bonchev–Trinajstić information content (AvgIpc) is 2.82. The molecule has 2 atom stereocenters. The van der Waals surface area contributed by atoms with Crippen LogP contribution in [-0.4, -0.2) is 49.0 Å². The van der Waals surface area contributed by atoms with E-state index in [1.807, 2.05) is 11.8 Å². The van der Waals surface area contributed by atoms with Crippen LogP contribution in [0.15, 0.2) is 4.99 Å². The Morgan fingerprint density at radius 2 is 2.10 bits per heavy atom. The van der Waals surface area contributed by atoms with Crippen molar-refractivity contribution in [3.05, 3.63) is 0 Å². The van der Waals surface area contributed by atoms with Gasteiger partial charge in [-0.25, -0.2) is 0 Å². The Morgan fingerprint density at radius 3 is 2.65 bits per heavy atom. The fraction of sp³-hybridized carbons (Fsp3) is 0.846.